The number of esters is 1. The molecule has 2 atom stereocenters. The average Bonchev–Trinajstić information content (AvgIpc) is 3.23. The van der Waals surface area contributed by atoms with Gasteiger partial charge >= 0.3 is 5.97 Å². The number of carbonyl (C=O) groups excluding carboxylic acids is 1. The maximum atomic E-state index is 11.7. The van der Waals surface area contributed by atoms with Crippen molar-refractivity contribution in [3.63, 3.8) is 0 Å². The minimum atomic E-state index is -0.703. The van der Waals surface area contributed by atoms with Crippen molar-refractivity contribution in [2.24, 2.45) is 0 Å². The van der Waals surface area contributed by atoms with Crippen LogP contribution in [0.5, 0.6) is 0 Å². The van der Waals surface area contributed by atoms with Crippen LogP contribution in [0.2, 0.25) is 0 Å². The molecule has 1 aliphatic rings. The van der Waals surface area contributed by atoms with Crippen LogP contribution in [0, 0.1) is 0 Å². The molecule has 0 unspecified atom stereocenters. The topological polar surface area (TPSA) is 54.0 Å². The third-order valence-corrected chi connectivity index (χ3v) is 5.14. The number of hydrogen-bond donors (Lipinski definition) is 0. The Labute approximate surface area is 181 Å². The van der Waals surface area contributed by atoms with Crippen molar-refractivity contribution in [2.75, 3.05) is 13.2 Å². The standard InChI is InChI=1S/C25H36O5/c1-4-6-8-15-23(27-20-22-13-9-7-10-14-22)24(30-21(3)26)16-11-12-17-25(5-2)28-18-19-29-25/h5,7,9-11,13-14,16,23-24H,2,4,6,8,12,15,17-20H2,1,3H3/b16-11+/t23-,24-/m0/s1. The molecule has 1 aromatic rings. The van der Waals surface area contributed by atoms with E-state index in [1.807, 2.05) is 42.5 Å². The lowest BCUT2D eigenvalue weighted by Crippen LogP contribution is -2.32. The van der Waals surface area contributed by atoms with Crippen LogP contribution in [0.15, 0.2) is 55.1 Å². The molecule has 30 heavy (non-hydrogen) atoms. The van der Waals surface area contributed by atoms with Crippen molar-refractivity contribution in [3.05, 3.63) is 60.7 Å². The molecule has 166 valence electrons. The number of hydrogen-bond acceptors (Lipinski definition) is 5. The van der Waals surface area contributed by atoms with E-state index >= 15 is 0 Å². The molecule has 1 aliphatic heterocycles. The summed E-state index contributed by atoms with van der Waals surface area (Å²) in [4.78, 5) is 11.7. The zero-order valence-corrected chi connectivity index (χ0v) is 18.4. The first-order valence-electron chi connectivity index (χ1n) is 11.0. The van der Waals surface area contributed by atoms with Crippen molar-refractivity contribution < 1.29 is 23.7 Å². The number of benzene rings is 1. The van der Waals surface area contributed by atoms with Crippen LogP contribution in [-0.4, -0.2) is 37.2 Å². The fourth-order valence-corrected chi connectivity index (χ4v) is 3.50. The molecule has 1 aromatic carbocycles. The van der Waals surface area contributed by atoms with Gasteiger partial charge < -0.3 is 18.9 Å². The minimum Gasteiger partial charge on any atom is -0.456 e. The third-order valence-electron chi connectivity index (χ3n) is 5.14. The van der Waals surface area contributed by atoms with Crippen LogP contribution >= 0.6 is 0 Å². The van der Waals surface area contributed by atoms with E-state index in [4.69, 9.17) is 18.9 Å². The fourth-order valence-electron chi connectivity index (χ4n) is 3.50. The molecule has 0 amide bonds. The molecule has 1 heterocycles. The van der Waals surface area contributed by atoms with Crippen LogP contribution < -0.4 is 0 Å². The maximum Gasteiger partial charge on any atom is 0.303 e. The molecule has 0 saturated carbocycles. The van der Waals surface area contributed by atoms with E-state index in [1.54, 1.807) is 6.08 Å². The van der Waals surface area contributed by atoms with Crippen molar-refractivity contribution >= 4 is 5.97 Å². The second-order valence-electron chi connectivity index (χ2n) is 7.58. The van der Waals surface area contributed by atoms with Gasteiger partial charge in [0.25, 0.3) is 0 Å². The van der Waals surface area contributed by atoms with E-state index in [-0.39, 0.29) is 12.1 Å². The normalized spacial score (nSPS) is 17.7. The monoisotopic (exact) mass is 416 g/mol. The Bertz CT molecular complexity index is 649. The van der Waals surface area contributed by atoms with Crippen LogP contribution in [0.25, 0.3) is 0 Å². The lowest BCUT2D eigenvalue weighted by Gasteiger charge is -2.25. The fraction of sp³-hybridized carbons (Fsp3) is 0.560. The van der Waals surface area contributed by atoms with Gasteiger partial charge in [-0.3, -0.25) is 4.79 Å². The van der Waals surface area contributed by atoms with Gasteiger partial charge in [0.1, 0.15) is 6.10 Å². The van der Waals surface area contributed by atoms with Gasteiger partial charge in [-0.2, -0.15) is 0 Å². The van der Waals surface area contributed by atoms with E-state index in [9.17, 15) is 4.79 Å². The highest BCUT2D eigenvalue weighted by Crippen LogP contribution is 2.26. The summed E-state index contributed by atoms with van der Waals surface area (Å²) in [6.07, 6.45) is 10.6. The number of rotatable bonds is 14. The highest BCUT2D eigenvalue weighted by Gasteiger charge is 2.32. The van der Waals surface area contributed by atoms with Gasteiger partial charge in [0.2, 0.25) is 0 Å². The molecule has 1 fully saturated rings. The highest BCUT2D eigenvalue weighted by atomic mass is 16.7. The minimum absolute atomic E-state index is 0.191. The smallest absolute Gasteiger partial charge is 0.303 e. The Morgan fingerprint density at radius 2 is 1.97 bits per heavy atom. The Balaban J connectivity index is 2.00. The van der Waals surface area contributed by atoms with Crippen molar-refractivity contribution in [1.82, 2.24) is 0 Å². The summed E-state index contributed by atoms with van der Waals surface area (Å²) < 4.78 is 23.2. The summed E-state index contributed by atoms with van der Waals surface area (Å²) in [6.45, 7) is 9.09. The van der Waals surface area contributed by atoms with E-state index in [2.05, 4.69) is 13.5 Å². The lowest BCUT2D eigenvalue weighted by atomic mass is 10.0. The molecule has 1 saturated heterocycles. The third kappa shape index (κ3) is 8.42. The first kappa shape index (κ1) is 24.3. The van der Waals surface area contributed by atoms with Crippen LogP contribution in [-0.2, 0) is 30.3 Å². The van der Waals surface area contributed by atoms with E-state index in [1.165, 1.54) is 6.92 Å². The Kier molecular flexibility index (Phi) is 10.8. The van der Waals surface area contributed by atoms with Gasteiger partial charge in [-0.15, -0.1) is 0 Å². The summed E-state index contributed by atoms with van der Waals surface area (Å²) in [5.74, 6) is -1.01. The number of unbranched alkanes of at least 4 members (excludes halogenated alkanes) is 2. The van der Waals surface area contributed by atoms with Gasteiger partial charge in [0.05, 0.1) is 25.9 Å². The zero-order valence-electron chi connectivity index (χ0n) is 18.4. The molecule has 0 spiro atoms. The first-order chi connectivity index (χ1) is 14.6. The quantitative estimate of drug-likeness (QED) is 0.232. The Morgan fingerprint density at radius 1 is 1.23 bits per heavy atom. The SMILES string of the molecule is C=CC1(CC/C=C/[C@H](OC(C)=O)[C@H](CCCCC)OCc2ccccc2)OCCO1. The predicted octanol–water partition coefficient (Wildman–Crippen LogP) is 5.35. The molecule has 0 N–H and O–H groups in total. The van der Waals surface area contributed by atoms with E-state index < -0.39 is 11.9 Å². The largest absolute Gasteiger partial charge is 0.456 e. The zero-order chi connectivity index (χ0) is 21.7. The molecule has 2 rings (SSSR count). The highest BCUT2D eigenvalue weighted by molar-refractivity contribution is 5.66. The summed E-state index contributed by atoms with van der Waals surface area (Å²) in [7, 11) is 0. The summed E-state index contributed by atoms with van der Waals surface area (Å²) >= 11 is 0. The predicted molar refractivity (Wildman–Crippen MR) is 118 cm³/mol. The van der Waals surface area contributed by atoms with E-state index in [0.29, 0.717) is 26.2 Å². The van der Waals surface area contributed by atoms with Crippen LogP contribution in [0.4, 0.5) is 0 Å². The van der Waals surface area contributed by atoms with Gasteiger partial charge in [-0.25, -0.2) is 0 Å². The Morgan fingerprint density at radius 3 is 2.60 bits per heavy atom. The molecular formula is C25H36O5. The van der Waals surface area contributed by atoms with Crippen LogP contribution in [0.3, 0.4) is 0 Å². The summed E-state index contributed by atoms with van der Waals surface area (Å²) in [5, 5.41) is 0. The second-order valence-corrected chi connectivity index (χ2v) is 7.58. The van der Waals surface area contributed by atoms with E-state index in [0.717, 1.165) is 37.7 Å². The molecule has 0 radical (unpaired) electrons. The van der Waals surface area contributed by atoms with Crippen molar-refractivity contribution in [2.45, 2.75) is 77.0 Å². The molecular weight excluding hydrogens is 380 g/mol. The molecule has 0 aromatic heterocycles. The first-order valence-corrected chi connectivity index (χ1v) is 11.0. The van der Waals surface area contributed by atoms with Crippen molar-refractivity contribution in [3.8, 4) is 0 Å². The van der Waals surface area contributed by atoms with Gasteiger partial charge in [-0.05, 0) is 30.6 Å². The number of ether oxygens (including phenoxy) is 4. The summed E-state index contributed by atoms with van der Waals surface area (Å²) in [6, 6.07) is 10.1. The molecule has 5 nitrogen and oxygen atoms in total. The van der Waals surface area contributed by atoms with Crippen molar-refractivity contribution in [1.29, 1.82) is 0 Å². The van der Waals surface area contributed by atoms with Gasteiger partial charge in [-0.1, -0.05) is 69.2 Å². The Hall–Kier alpha value is -1.95. The molecule has 0 bridgehead atoms. The van der Waals surface area contributed by atoms with Crippen LogP contribution in [0.1, 0.15) is 57.9 Å². The maximum absolute atomic E-state index is 11.7. The molecule has 0 aliphatic carbocycles. The summed E-state index contributed by atoms with van der Waals surface area (Å²) in [5.41, 5.74) is 1.10. The number of carbonyl (C=O) groups is 1. The number of allylic oxidation sites excluding steroid dienone is 1. The second kappa shape index (κ2) is 13.4. The van der Waals surface area contributed by atoms with Gasteiger partial charge in [0.15, 0.2) is 5.79 Å². The molecule has 5 heteroatoms. The average molecular weight is 417 g/mol. The van der Waals surface area contributed by atoms with Gasteiger partial charge in [0, 0.05) is 13.3 Å². The lowest BCUT2D eigenvalue weighted by molar-refractivity contribution is -0.152.